The molecular weight excluding hydrogens is 318 g/mol. The molecule has 1 heterocycles. The van der Waals surface area contributed by atoms with Crippen LogP contribution in [0.5, 0.6) is 0 Å². The Bertz CT molecular complexity index is 557. The molecule has 0 spiro atoms. The monoisotopic (exact) mass is 360 g/mol. The summed E-state index contributed by atoms with van der Waals surface area (Å²) in [5.74, 6) is 0. The highest BCUT2D eigenvalue weighted by Crippen LogP contribution is 2.36. The van der Waals surface area contributed by atoms with Crippen molar-refractivity contribution in [1.29, 1.82) is 0 Å². The summed E-state index contributed by atoms with van der Waals surface area (Å²) in [5.41, 5.74) is 3.52. The van der Waals surface area contributed by atoms with E-state index in [0.29, 0.717) is 17.6 Å². The molecule has 0 saturated carbocycles. The zero-order valence-corrected chi connectivity index (χ0v) is 18.6. The second kappa shape index (κ2) is 8.02. The lowest BCUT2D eigenvalue weighted by Gasteiger charge is -2.43. The third kappa shape index (κ3) is 6.39. The van der Waals surface area contributed by atoms with Gasteiger partial charge in [0.05, 0.1) is 13.6 Å². The molecule has 1 aliphatic rings. The number of hydrogen-bond acceptors (Lipinski definition) is 1. The van der Waals surface area contributed by atoms with E-state index in [0.717, 1.165) is 17.6 Å². The lowest BCUT2D eigenvalue weighted by Crippen LogP contribution is -2.57. The van der Waals surface area contributed by atoms with Gasteiger partial charge < -0.3 is 9.22 Å². The van der Waals surface area contributed by atoms with Crippen molar-refractivity contribution in [2.24, 2.45) is 5.41 Å². The van der Waals surface area contributed by atoms with Crippen molar-refractivity contribution in [3.05, 3.63) is 35.4 Å². The molecule has 2 nitrogen and oxygen atoms in total. The molecule has 2 unspecified atom stereocenters. The Balaban J connectivity index is 1.89. The van der Waals surface area contributed by atoms with E-state index in [2.05, 4.69) is 79.8 Å². The zero-order chi connectivity index (χ0) is 19.6. The minimum Gasteiger partial charge on any atom is -0.364 e. The molecule has 0 aliphatic carbocycles. The largest absolute Gasteiger partial charge is 0.364 e. The molecule has 0 bridgehead atoms. The fourth-order valence-electron chi connectivity index (χ4n) is 5.20. The van der Waals surface area contributed by atoms with Gasteiger partial charge in [-0.15, -0.1) is 0 Å². The molecule has 1 fully saturated rings. The van der Waals surface area contributed by atoms with Crippen LogP contribution in [0.2, 0.25) is 0 Å². The molecule has 26 heavy (non-hydrogen) atoms. The number of ether oxygens (including phenoxy) is 1. The van der Waals surface area contributed by atoms with Crippen molar-refractivity contribution in [3.8, 4) is 0 Å². The lowest BCUT2D eigenvalue weighted by atomic mass is 9.72. The summed E-state index contributed by atoms with van der Waals surface area (Å²) in [6.07, 6.45) is 4.40. The average Bonchev–Trinajstić information content (AvgIpc) is 2.43. The highest BCUT2D eigenvalue weighted by molar-refractivity contribution is 5.28. The highest BCUT2D eigenvalue weighted by Gasteiger charge is 2.33. The summed E-state index contributed by atoms with van der Waals surface area (Å²) in [5, 5.41) is 0. The molecule has 1 aromatic carbocycles. The van der Waals surface area contributed by atoms with Gasteiger partial charge in [0.1, 0.15) is 25.3 Å². The van der Waals surface area contributed by atoms with Gasteiger partial charge in [0.2, 0.25) is 0 Å². The van der Waals surface area contributed by atoms with Crippen LogP contribution in [-0.4, -0.2) is 43.4 Å². The van der Waals surface area contributed by atoms with Gasteiger partial charge in [-0.05, 0) is 48.6 Å². The molecular formula is C24H42NO+. The summed E-state index contributed by atoms with van der Waals surface area (Å²) in [6.45, 7) is 19.7. The van der Waals surface area contributed by atoms with Crippen LogP contribution in [-0.2, 0) is 16.6 Å². The van der Waals surface area contributed by atoms with E-state index in [9.17, 15) is 0 Å². The van der Waals surface area contributed by atoms with Crippen molar-refractivity contribution in [3.63, 3.8) is 0 Å². The maximum Gasteiger partial charge on any atom is 0.105 e. The third-order valence-corrected chi connectivity index (χ3v) is 5.73. The van der Waals surface area contributed by atoms with Crippen LogP contribution >= 0.6 is 0 Å². The molecule has 148 valence electrons. The second-order valence-corrected chi connectivity index (χ2v) is 10.9. The summed E-state index contributed by atoms with van der Waals surface area (Å²) >= 11 is 0. The Morgan fingerprint density at radius 3 is 2.00 bits per heavy atom. The van der Waals surface area contributed by atoms with Crippen molar-refractivity contribution < 1.29 is 9.22 Å². The number of aryl methyl sites for hydroxylation is 1. The first-order valence-corrected chi connectivity index (χ1v) is 10.5. The van der Waals surface area contributed by atoms with Crippen LogP contribution in [0.1, 0.15) is 72.4 Å². The average molecular weight is 361 g/mol. The molecule has 0 N–H and O–H groups in total. The van der Waals surface area contributed by atoms with E-state index in [-0.39, 0.29) is 5.41 Å². The molecule has 0 radical (unpaired) electrons. The molecule has 0 amide bonds. The Hall–Kier alpha value is -0.860. The maximum absolute atomic E-state index is 5.91. The second-order valence-electron chi connectivity index (χ2n) is 10.9. The molecule has 1 aliphatic heterocycles. The number of rotatable bonds is 6. The first-order valence-electron chi connectivity index (χ1n) is 10.5. The molecule has 0 aromatic heterocycles. The van der Waals surface area contributed by atoms with Crippen LogP contribution in [0, 0.1) is 5.41 Å². The Morgan fingerprint density at radius 1 is 0.962 bits per heavy atom. The van der Waals surface area contributed by atoms with Crippen molar-refractivity contribution in [2.75, 3.05) is 26.7 Å². The first-order chi connectivity index (χ1) is 11.9. The van der Waals surface area contributed by atoms with Gasteiger partial charge >= 0.3 is 0 Å². The van der Waals surface area contributed by atoms with Crippen LogP contribution in [0.3, 0.4) is 0 Å². The predicted octanol–water partition coefficient (Wildman–Crippen LogP) is 5.59. The Morgan fingerprint density at radius 2 is 1.50 bits per heavy atom. The standard InChI is InChI=1S/C24H42NO/c1-19-16-25(8,17-20(2)26-19)15-9-10-21-11-13-22(14-12-21)24(6,7)18-23(3,4)5/h11-14,19-20H,9-10,15-18H2,1-8H3/q+1. The number of benzene rings is 1. The summed E-state index contributed by atoms with van der Waals surface area (Å²) in [7, 11) is 2.40. The first kappa shape index (κ1) is 21.4. The quantitative estimate of drug-likeness (QED) is 0.601. The van der Waals surface area contributed by atoms with E-state index in [1.165, 1.54) is 36.9 Å². The van der Waals surface area contributed by atoms with Gasteiger partial charge in [-0.1, -0.05) is 58.9 Å². The van der Waals surface area contributed by atoms with E-state index in [1.807, 2.05) is 0 Å². The van der Waals surface area contributed by atoms with Gasteiger partial charge in [-0.3, -0.25) is 0 Å². The fourth-order valence-corrected chi connectivity index (χ4v) is 5.20. The van der Waals surface area contributed by atoms with Crippen LogP contribution < -0.4 is 0 Å². The van der Waals surface area contributed by atoms with Gasteiger partial charge in [0, 0.05) is 6.42 Å². The minimum absolute atomic E-state index is 0.232. The van der Waals surface area contributed by atoms with Crippen LogP contribution in [0.25, 0.3) is 0 Å². The zero-order valence-electron chi connectivity index (χ0n) is 18.6. The molecule has 1 saturated heterocycles. The van der Waals surface area contributed by atoms with Gasteiger partial charge in [-0.2, -0.15) is 0 Å². The SMILES string of the molecule is CC1C[N+](C)(CCCc2ccc(C(C)(C)CC(C)(C)C)cc2)CC(C)O1. The van der Waals surface area contributed by atoms with Gasteiger partial charge in [-0.25, -0.2) is 0 Å². The van der Waals surface area contributed by atoms with E-state index >= 15 is 0 Å². The normalized spacial score (nSPS) is 27.5. The summed E-state index contributed by atoms with van der Waals surface area (Å²) in [4.78, 5) is 0. The third-order valence-electron chi connectivity index (χ3n) is 5.73. The van der Waals surface area contributed by atoms with Crippen molar-refractivity contribution in [2.45, 2.75) is 85.4 Å². The minimum atomic E-state index is 0.232. The van der Waals surface area contributed by atoms with Crippen molar-refractivity contribution >= 4 is 0 Å². The number of likely N-dealkylation sites (N-methyl/N-ethyl adjacent to an activating group) is 1. The van der Waals surface area contributed by atoms with E-state index in [1.54, 1.807) is 0 Å². The molecule has 1 aromatic rings. The lowest BCUT2D eigenvalue weighted by molar-refractivity contribution is -0.923. The van der Waals surface area contributed by atoms with Gasteiger partial charge in [0.25, 0.3) is 0 Å². The number of hydrogen-bond donors (Lipinski definition) is 0. The Labute approximate surface area is 162 Å². The molecule has 2 rings (SSSR count). The van der Waals surface area contributed by atoms with Crippen molar-refractivity contribution in [1.82, 2.24) is 0 Å². The Kier molecular flexibility index (Phi) is 6.62. The fraction of sp³-hybridized carbons (Fsp3) is 0.750. The van der Waals surface area contributed by atoms with Crippen LogP contribution in [0.4, 0.5) is 0 Å². The smallest absolute Gasteiger partial charge is 0.105 e. The highest BCUT2D eigenvalue weighted by atomic mass is 16.5. The summed E-state index contributed by atoms with van der Waals surface area (Å²) in [6, 6.07) is 9.42. The molecule has 2 heteroatoms. The van der Waals surface area contributed by atoms with Crippen LogP contribution in [0.15, 0.2) is 24.3 Å². The summed E-state index contributed by atoms with van der Waals surface area (Å²) < 4.78 is 7.06. The molecule has 2 atom stereocenters. The topological polar surface area (TPSA) is 9.23 Å². The number of morpholine rings is 1. The number of nitrogens with zero attached hydrogens (tertiary/aromatic N) is 1. The number of quaternary nitrogens is 1. The maximum atomic E-state index is 5.91. The van der Waals surface area contributed by atoms with E-state index in [4.69, 9.17) is 4.74 Å². The predicted molar refractivity (Wildman–Crippen MR) is 113 cm³/mol. The van der Waals surface area contributed by atoms with Gasteiger partial charge in [0.15, 0.2) is 0 Å². The van der Waals surface area contributed by atoms with E-state index < -0.39 is 0 Å².